The molecular formula is C21H25FN4O2S2. The molecule has 30 heavy (non-hydrogen) atoms. The van der Waals surface area contributed by atoms with Crippen molar-refractivity contribution in [2.45, 2.75) is 35.6 Å². The van der Waals surface area contributed by atoms with E-state index in [4.69, 9.17) is 11.5 Å². The quantitative estimate of drug-likeness (QED) is 0.613. The monoisotopic (exact) mass is 448 g/mol. The fourth-order valence-corrected chi connectivity index (χ4v) is 7.73. The van der Waals surface area contributed by atoms with Crippen LogP contribution < -0.4 is 16.8 Å². The topological polar surface area (TPSA) is 111 Å². The number of thioether (sulfide) groups is 1. The van der Waals surface area contributed by atoms with Crippen molar-refractivity contribution in [1.82, 2.24) is 5.32 Å². The van der Waals surface area contributed by atoms with E-state index in [9.17, 15) is 8.42 Å². The van der Waals surface area contributed by atoms with Crippen LogP contribution in [0.2, 0.25) is 0 Å². The van der Waals surface area contributed by atoms with Crippen LogP contribution in [0.15, 0.2) is 59.3 Å². The number of hydrogen-bond acceptors (Lipinski definition) is 7. The number of anilines is 1. The average molecular weight is 449 g/mol. The van der Waals surface area contributed by atoms with Crippen molar-refractivity contribution in [3.05, 3.63) is 59.8 Å². The largest absolute Gasteiger partial charge is 0.399 e. The minimum atomic E-state index is -3.77. The van der Waals surface area contributed by atoms with Gasteiger partial charge >= 0.3 is 0 Å². The molecule has 3 heterocycles. The molecule has 0 aromatic heterocycles. The number of hydrogen-bond donors (Lipinski definition) is 3. The first kappa shape index (κ1) is 21.0. The van der Waals surface area contributed by atoms with Crippen LogP contribution in [0, 0.1) is 0 Å². The maximum Gasteiger partial charge on any atom is 0.171 e. The summed E-state index contributed by atoms with van der Waals surface area (Å²) in [6.07, 6.45) is 5.53. The number of nitrogens with two attached hydrogens (primary N) is 2. The highest BCUT2D eigenvalue weighted by Gasteiger charge is 2.57. The number of benzene rings is 1. The van der Waals surface area contributed by atoms with Crippen molar-refractivity contribution in [3.63, 3.8) is 0 Å². The highest BCUT2D eigenvalue weighted by molar-refractivity contribution is 8.09. The van der Waals surface area contributed by atoms with Gasteiger partial charge in [0, 0.05) is 22.8 Å². The van der Waals surface area contributed by atoms with Crippen molar-refractivity contribution in [1.29, 1.82) is 0 Å². The van der Waals surface area contributed by atoms with E-state index in [1.807, 2.05) is 12.1 Å². The second-order valence-corrected chi connectivity index (χ2v) is 11.7. The lowest BCUT2D eigenvalue weighted by Crippen LogP contribution is -2.63. The molecule has 0 saturated heterocycles. The Hall–Kier alpha value is -2.26. The van der Waals surface area contributed by atoms with Crippen LogP contribution >= 0.6 is 11.8 Å². The zero-order valence-corrected chi connectivity index (χ0v) is 18.4. The number of halogens is 1. The van der Waals surface area contributed by atoms with E-state index < -0.39 is 31.5 Å². The smallest absolute Gasteiger partial charge is 0.171 e. The number of sulfone groups is 1. The SMILES string of the molecule is C[C@@]1(C2=CC=CCN2)C(N)=N[C@](C)(C2SC(c3cccc(N)c3)=CC2F)CS1(=O)=O. The third-order valence-electron chi connectivity index (χ3n) is 5.93. The van der Waals surface area contributed by atoms with E-state index in [1.54, 1.807) is 44.2 Å². The minimum Gasteiger partial charge on any atom is -0.399 e. The molecule has 4 atom stereocenters. The van der Waals surface area contributed by atoms with Crippen molar-refractivity contribution in [3.8, 4) is 0 Å². The number of nitrogen functional groups attached to an aromatic ring is 1. The summed E-state index contributed by atoms with van der Waals surface area (Å²) in [6.45, 7) is 3.74. The molecule has 1 aromatic rings. The van der Waals surface area contributed by atoms with Gasteiger partial charge < -0.3 is 16.8 Å². The molecule has 5 N–H and O–H groups in total. The first-order valence-electron chi connectivity index (χ1n) is 9.64. The van der Waals surface area contributed by atoms with Gasteiger partial charge in [0.1, 0.15) is 12.0 Å². The van der Waals surface area contributed by atoms with Gasteiger partial charge in [0.15, 0.2) is 14.6 Å². The molecule has 6 nitrogen and oxygen atoms in total. The number of aliphatic imine (C=N–C) groups is 1. The molecule has 0 fully saturated rings. The summed E-state index contributed by atoms with van der Waals surface area (Å²) in [5, 5.41) is 2.38. The lowest BCUT2D eigenvalue weighted by Gasteiger charge is -2.43. The lowest BCUT2D eigenvalue weighted by atomic mass is 9.94. The van der Waals surface area contributed by atoms with Crippen LogP contribution in [0.5, 0.6) is 0 Å². The van der Waals surface area contributed by atoms with Gasteiger partial charge in [0.2, 0.25) is 0 Å². The summed E-state index contributed by atoms with van der Waals surface area (Å²) in [4.78, 5) is 5.33. The van der Waals surface area contributed by atoms with Crippen molar-refractivity contribution in [2.75, 3.05) is 18.0 Å². The highest BCUT2D eigenvalue weighted by Crippen LogP contribution is 2.49. The van der Waals surface area contributed by atoms with E-state index >= 15 is 4.39 Å². The first-order chi connectivity index (χ1) is 14.1. The molecule has 0 bridgehead atoms. The summed E-state index contributed by atoms with van der Waals surface area (Å²) in [5.74, 6) is -0.314. The Morgan fingerprint density at radius 3 is 2.70 bits per heavy atom. The van der Waals surface area contributed by atoms with Gasteiger partial charge in [-0.15, -0.1) is 11.8 Å². The van der Waals surface area contributed by atoms with Gasteiger partial charge in [0.25, 0.3) is 0 Å². The van der Waals surface area contributed by atoms with E-state index in [2.05, 4.69) is 10.3 Å². The van der Waals surface area contributed by atoms with Gasteiger partial charge in [-0.05, 0) is 43.7 Å². The fraction of sp³-hybridized carbons (Fsp3) is 0.381. The maximum absolute atomic E-state index is 15.1. The molecular weight excluding hydrogens is 423 g/mol. The molecule has 0 radical (unpaired) electrons. The summed E-state index contributed by atoms with van der Waals surface area (Å²) < 4.78 is 40.6. The summed E-state index contributed by atoms with van der Waals surface area (Å²) in [6, 6.07) is 7.20. The van der Waals surface area contributed by atoms with Gasteiger partial charge in [0.05, 0.1) is 16.5 Å². The normalized spacial score (nSPS) is 35.2. The van der Waals surface area contributed by atoms with Crippen molar-refractivity contribution in [2.24, 2.45) is 10.7 Å². The molecule has 3 aliphatic rings. The molecule has 4 rings (SSSR count). The van der Waals surface area contributed by atoms with Gasteiger partial charge in [-0.2, -0.15) is 0 Å². The predicted octanol–water partition coefficient (Wildman–Crippen LogP) is 2.41. The van der Waals surface area contributed by atoms with Crippen LogP contribution in [0.4, 0.5) is 10.1 Å². The minimum absolute atomic E-state index is 0.0181. The number of nitrogens with zero attached hydrogens (tertiary/aromatic N) is 1. The molecule has 9 heteroatoms. The third-order valence-corrected chi connectivity index (χ3v) is 10.2. The first-order valence-corrected chi connectivity index (χ1v) is 12.2. The maximum atomic E-state index is 15.1. The second kappa shape index (κ2) is 7.16. The zero-order valence-electron chi connectivity index (χ0n) is 16.8. The van der Waals surface area contributed by atoms with Crippen LogP contribution in [0.3, 0.4) is 0 Å². The Morgan fingerprint density at radius 2 is 2.07 bits per heavy atom. The van der Waals surface area contributed by atoms with E-state index in [-0.39, 0.29) is 11.6 Å². The van der Waals surface area contributed by atoms with Gasteiger partial charge in [-0.3, -0.25) is 4.99 Å². The Balaban J connectivity index is 1.69. The average Bonchev–Trinajstić information content (AvgIpc) is 3.09. The van der Waals surface area contributed by atoms with Crippen LogP contribution in [0.25, 0.3) is 4.91 Å². The number of allylic oxidation sites excluding steroid dienone is 3. The summed E-state index contributed by atoms with van der Waals surface area (Å²) in [7, 11) is -3.77. The standard InChI is InChI=1S/C21H25FN4O2S2/c1-20(18-15(22)11-16(29-18)13-6-5-7-14(23)10-13)12-30(27,28)21(2,19(24)26-20)17-8-3-4-9-25-17/h3-8,10-11,15,18,25H,9,12,23H2,1-2H3,(H2,24,26)/t15?,18?,20-,21+/m0/s1. The summed E-state index contributed by atoms with van der Waals surface area (Å²) >= 11 is 1.29. The Kier molecular flexibility index (Phi) is 5.01. The number of alkyl halides is 1. The zero-order chi connectivity index (χ0) is 21.7. The molecule has 0 saturated carbocycles. The molecule has 1 aromatic carbocycles. The second-order valence-electron chi connectivity index (χ2n) is 8.18. The lowest BCUT2D eigenvalue weighted by molar-refractivity contribution is 0.326. The van der Waals surface area contributed by atoms with E-state index in [0.717, 1.165) is 10.5 Å². The number of amidine groups is 1. The van der Waals surface area contributed by atoms with Crippen LogP contribution in [-0.4, -0.2) is 48.3 Å². The van der Waals surface area contributed by atoms with Crippen LogP contribution in [0.1, 0.15) is 19.4 Å². The van der Waals surface area contributed by atoms with Gasteiger partial charge in [-0.25, -0.2) is 12.8 Å². The summed E-state index contributed by atoms with van der Waals surface area (Å²) in [5.41, 5.74) is 12.8. The molecule has 0 aliphatic carbocycles. The predicted molar refractivity (Wildman–Crippen MR) is 123 cm³/mol. The van der Waals surface area contributed by atoms with Crippen LogP contribution in [-0.2, 0) is 9.84 Å². The number of nitrogens with one attached hydrogen (secondary N) is 1. The molecule has 0 amide bonds. The fourth-order valence-electron chi connectivity index (χ4n) is 4.14. The highest BCUT2D eigenvalue weighted by atomic mass is 32.2. The molecule has 3 aliphatic heterocycles. The molecule has 2 unspecified atom stereocenters. The van der Waals surface area contributed by atoms with E-state index in [1.165, 1.54) is 17.8 Å². The Bertz CT molecular complexity index is 1110. The third kappa shape index (κ3) is 3.24. The number of dihydropyridines is 1. The molecule has 160 valence electrons. The number of rotatable bonds is 3. The van der Waals surface area contributed by atoms with Crippen molar-refractivity contribution < 1.29 is 12.8 Å². The Morgan fingerprint density at radius 1 is 1.30 bits per heavy atom. The van der Waals surface area contributed by atoms with E-state index in [0.29, 0.717) is 17.9 Å². The van der Waals surface area contributed by atoms with Crippen molar-refractivity contribution >= 4 is 38.0 Å². The molecule has 0 spiro atoms. The Labute approximate surface area is 180 Å². The van der Waals surface area contributed by atoms with Gasteiger partial charge in [-0.1, -0.05) is 24.3 Å².